The molecule has 2 aromatic rings. The number of rotatable bonds is 7. The van der Waals surface area contributed by atoms with Gasteiger partial charge in [-0.05, 0) is 38.1 Å². The molecule has 1 heterocycles. The molecule has 0 radical (unpaired) electrons. The van der Waals surface area contributed by atoms with E-state index in [1.54, 1.807) is 13.0 Å². The van der Waals surface area contributed by atoms with Crippen molar-refractivity contribution in [2.24, 2.45) is 0 Å². The van der Waals surface area contributed by atoms with Crippen molar-refractivity contribution in [3.63, 3.8) is 0 Å². The average molecular weight is 316 g/mol. The molecule has 0 fully saturated rings. The van der Waals surface area contributed by atoms with Gasteiger partial charge in [-0.1, -0.05) is 17.7 Å². The molecule has 122 valence electrons. The minimum absolute atomic E-state index is 0.173. The fourth-order valence-corrected chi connectivity index (χ4v) is 1.87. The van der Waals surface area contributed by atoms with Crippen molar-refractivity contribution >= 4 is 11.8 Å². The summed E-state index contributed by atoms with van der Waals surface area (Å²) in [5.74, 6) is 0.224. The number of ether oxygens (including phenoxy) is 1. The number of carbonyl (C=O) groups excluding carboxylic acids is 2. The summed E-state index contributed by atoms with van der Waals surface area (Å²) in [5.41, 5.74) is 1.16. The van der Waals surface area contributed by atoms with Gasteiger partial charge in [-0.2, -0.15) is 0 Å². The number of hydrogen-bond acceptors (Lipinski definition) is 4. The Morgan fingerprint density at radius 3 is 2.61 bits per heavy atom. The lowest BCUT2D eigenvalue weighted by atomic mass is 10.2. The topological polar surface area (TPSA) is 80.6 Å². The highest BCUT2D eigenvalue weighted by atomic mass is 16.5. The summed E-state index contributed by atoms with van der Waals surface area (Å²) in [6, 6.07) is 10.2. The maximum absolute atomic E-state index is 11.9. The molecule has 2 N–H and O–H groups in total. The molecule has 1 atom stereocenters. The van der Waals surface area contributed by atoms with E-state index in [4.69, 9.17) is 9.15 Å². The molecule has 1 aromatic carbocycles. The van der Waals surface area contributed by atoms with Gasteiger partial charge in [0.05, 0.1) is 12.8 Å². The van der Waals surface area contributed by atoms with Gasteiger partial charge in [-0.3, -0.25) is 9.59 Å². The van der Waals surface area contributed by atoms with Crippen LogP contribution in [0.2, 0.25) is 0 Å². The van der Waals surface area contributed by atoms with Crippen LogP contribution in [0.4, 0.5) is 0 Å². The lowest BCUT2D eigenvalue weighted by molar-refractivity contribution is -0.122. The van der Waals surface area contributed by atoms with Crippen LogP contribution in [0.1, 0.15) is 23.0 Å². The minimum atomic E-state index is -0.660. The van der Waals surface area contributed by atoms with Crippen molar-refractivity contribution in [1.82, 2.24) is 10.6 Å². The van der Waals surface area contributed by atoms with Crippen LogP contribution in [-0.2, 0) is 4.79 Å². The van der Waals surface area contributed by atoms with Crippen molar-refractivity contribution in [1.29, 1.82) is 0 Å². The fourth-order valence-electron chi connectivity index (χ4n) is 1.87. The largest absolute Gasteiger partial charge is 0.492 e. The minimum Gasteiger partial charge on any atom is -0.492 e. The summed E-state index contributed by atoms with van der Waals surface area (Å²) in [4.78, 5) is 23.6. The Kier molecular flexibility index (Phi) is 5.80. The van der Waals surface area contributed by atoms with Crippen LogP contribution in [0, 0.1) is 6.92 Å². The van der Waals surface area contributed by atoms with Crippen LogP contribution in [-0.4, -0.2) is 31.0 Å². The monoisotopic (exact) mass is 316 g/mol. The third-order valence-electron chi connectivity index (χ3n) is 3.18. The highest BCUT2D eigenvalue weighted by Crippen LogP contribution is 2.10. The van der Waals surface area contributed by atoms with Gasteiger partial charge in [0.2, 0.25) is 5.91 Å². The van der Waals surface area contributed by atoms with Crippen molar-refractivity contribution in [3.05, 3.63) is 54.0 Å². The summed E-state index contributed by atoms with van der Waals surface area (Å²) < 4.78 is 10.5. The fraction of sp³-hybridized carbons (Fsp3) is 0.294. The zero-order chi connectivity index (χ0) is 16.7. The van der Waals surface area contributed by atoms with E-state index in [1.165, 1.54) is 12.3 Å². The Morgan fingerprint density at radius 1 is 1.22 bits per heavy atom. The molecule has 0 aliphatic rings. The summed E-state index contributed by atoms with van der Waals surface area (Å²) >= 11 is 0. The summed E-state index contributed by atoms with van der Waals surface area (Å²) in [6.45, 7) is 4.32. The Morgan fingerprint density at radius 2 is 1.96 bits per heavy atom. The van der Waals surface area contributed by atoms with Gasteiger partial charge in [-0.25, -0.2) is 0 Å². The highest BCUT2D eigenvalue weighted by molar-refractivity contribution is 5.95. The molecule has 2 rings (SSSR count). The molecule has 0 aliphatic carbocycles. The van der Waals surface area contributed by atoms with Gasteiger partial charge in [0.25, 0.3) is 5.91 Å². The van der Waals surface area contributed by atoms with Gasteiger partial charge >= 0.3 is 0 Å². The van der Waals surface area contributed by atoms with Crippen molar-refractivity contribution < 1.29 is 18.7 Å². The van der Waals surface area contributed by atoms with Gasteiger partial charge in [-0.15, -0.1) is 0 Å². The molecule has 6 heteroatoms. The summed E-state index contributed by atoms with van der Waals surface area (Å²) in [6.07, 6.45) is 1.40. The number of amides is 2. The summed E-state index contributed by atoms with van der Waals surface area (Å²) in [7, 11) is 0. The van der Waals surface area contributed by atoms with E-state index in [1.807, 2.05) is 31.2 Å². The third kappa shape index (κ3) is 5.18. The predicted molar refractivity (Wildman–Crippen MR) is 85.3 cm³/mol. The predicted octanol–water partition coefficient (Wildman–Crippen LogP) is 1.90. The third-order valence-corrected chi connectivity index (χ3v) is 3.18. The first kappa shape index (κ1) is 16.6. The van der Waals surface area contributed by atoms with E-state index in [0.29, 0.717) is 13.2 Å². The second-order valence-electron chi connectivity index (χ2n) is 5.12. The molecule has 0 saturated heterocycles. The van der Waals surface area contributed by atoms with E-state index in [0.717, 1.165) is 11.3 Å². The smallest absolute Gasteiger partial charge is 0.287 e. The number of carbonyl (C=O) groups is 2. The molecule has 1 unspecified atom stereocenters. The van der Waals surface area contributed by atoms with E-state index in [9.17, 15) is 9.59 Å². The quantitative estimate of drug-likeness (QED) is 0.765. The molecular formula is C17H20N2O4. The van der Waals surface area contributed by atoms with E-state index >= 15 is 0 Å². The van der Waals surface area contributed by atoms with Gasteiger partial charge < -0.3 is 19.8 Å². The van der Waals surface area contributed by atoms with Crippen LogP contribution < -0.4 is 15.4 Å². The van der Waals surface area contributed by atoms with Crippen molar-refractivity contribution in [2.45, 2.75) is 19.9 Å². The first-order valence-corrected chi connectivity index (χ1v) is 7.38. The maximum atomic E-state index is 11.9. The number of nitrogens with one attached hydrogen (secondary N) is 2. The maximum Gasteiger partial charge on any atom is 0.287 e. The molecule has 2 amide bonds. The molecule has 0 bridgehead atoms. The number of hydrogen-bond donors (Lipinski definition) is 2. The summed E-state index contributed by atoms with van der Waals surface area (Å²) in [5, 5.41) is 5.27. The van der Waals surface area contributed by atoms with Crippen LogP contribution in [0.25, 0.3) is 0 Å². The van der Waals surface area contributed by atoms with Crippen LogP contribution in [0.15, 0.2) is 47.1 Å². The van der Waals surface area contributed by atoms with Crippen LogP contribution in [0.3, 0.4) is 0 Å². The zero-order valence-electron chi connectivity index (χ0n) is 13.2. The molecule has 0 saturated carbocycles. The van der Waals surface area contributed by atoms with E-state index < -0.39 is 11.9 Å². The Labute approximate surface area is 134 Å². The molecule has 0 spiro atoms. The molecular weight excluding hydrogens is 296 g/mol. The Bertz CT molecular complexity index is 635. The highest BCUT2D eigenvalue weighted by Gasteiger charge is 2.17. The average Bonchev–Trinajstić information content (AvgIpc) is 3.07. The van der Waals surface area contributed by atoms with Crippen molar-refractivity contribution in [2.75, 3.05) is 13.2 Å². The molecule has 1 aromatic heterocycles. The first-order valence-electron chi connectivity index (χ1n) is 7.38. The van der Waals surface area contributed by atoms with Gasteiger partial charge in [0.15, 0.2) is 5.76 Å². The van der Waals surface area contributed by atoms with E-state index in [-0.39, 0.29) is 11.7 Å². The molecule has 0 aliphatic heterocycles. The van der Waals surface area contributed by atoms with Gasteiger partial charge in [0, 0.05) is 0 Å². The van der Waals surface area contributed by atoms with Crippen LogP contribution in [0.5, 0.6) is 5.75 Å². The number of benzene rings is 1. The van der Waals surface area contributed by atoms with Gasteiger partial charge in [0.1, 0.15) is 18.4 Å². The zero-order valence-corrected chi connectivity index (χ0v) is 13.2. The lowest BCUT2D eigenvalue weighted by Crippen LogP contribution is -2.45. The van der Waals surface area contributed by atoms with E-state index in [2.05, 4.69) is 10.6 Å². The Hall–Kier alpha value is -2.76. The standard InChI is InChI=1S/C17H20N2O4/c1-12-5-7-14(8-6-12)22-11-9-18-16(20)13(2)19-17(21)15-4-3-10-23-15/h3-8,10,13H,9,11H2,1-2H3,(H,18,20)(H,19,21). The number of aryl methyl sites for hydroxylation is 1. The molecule has 23 heavy (non-hydrogen) atoms. The SMILES string of the molecule is Cc1ccc(OCCNC(=O)C(C)NC(=O)c2ccco2)cc1. The second kappa shape index (κ2) is 8.03. The van der Waals surface area contributed by atoms with Crippen molar-refractivity contribution in [3.8, 4) is 5.75 Å². The molecule has 6 nitrogen and oxygen atoms in total. The second-order valence-corrected chi connectivity index (χ2v) is 5.12. The first-order chi connectivity index (χ1) is 11.1. The van der Waals surface area contributed by atoms with Crippen LogP contribution >= 0.6 is 0 Å². The lowest BCUT2D eigenvalue weighted by Gasteiger charge is -2.13. The normalized spacial score (nSPS) is 11.6. The Balaban J connectivity index is 1.67. The number of furan rings is 1.